The van der Waals surface area contributed by atoms with E-state index in [1.807, 2.05) is 19.3 Å². The SMILES string of the molecule is CCN(CC)c1ncc2c(n1)CC[C@@H](C(=O)N(C)c1ccc(C)c(C)c1)C2. The second kappa shape index (κ2) is 8.07. The van der Waals surface area contributed by atoms with Crippen LogP contribution in [-0.2, 0) is 17.6 Å². The number of rotatable bonds is 5. The Bertz CT molecular complexity index is 829. The minimum Gasteiger partial charge on any atom is -0.341 e. The Hall–Kier alpha value is -2.43. The number of aryl methyl sites for hydroxylation is 3. The van der Waals surface area contributed by atoms with Gasteiger partial charge in [0.2, 0.25) is 11.9 Å². The van der Waals surface area contributed by atoms with Gasteiger partial charge in [0.05, 0.1) is 0 Å². The van der Waals surface area contributed by atoms with E-state index >= 15 is 0 Å². The molecule has 0 fully saturated rings. The first-order valence-electron chi connectivity index (χ1n) is 9.89. The highest BCUT2D eigenvalue weighted by Crippen LogP contribution is 2.28. The van der Waals surface area contributed by atoms with Crippen molar-refractivity contribution in [3.63, 3.8) is 0 Å². The number of carbonyl (C=O) groups is 1. The third-order valence-electron chi connectivity index (χ3n) is 5.74. The minimum absolute atomic E-state index is 0.00740. The Morgan fingerprint density at radius 2 is 1.93 bits per heavy atom. The summed E-state index contributed by atoms with van der Waals surface area (Å²) in [5, 5.41) is 0. The molecule has 0 unspecified atom stereocenters. The first-order chi connectivity index (χ1) is 12.9. The van der Waals surface area contributed by atoms with Crippen molar-refractivity contribution in [1.82, 2.24) is 9.97 Å². The summed E-state index contributed by atoms with van der Waals surface area (Å²) in [4.78, 5) is 26.3. The summed E-state index contributed by atoms with van der Waals surface area (Å²) in [7, 11) is 1.88. The number of anilines is 2. The summed E-state index contributed by atoms with van der Waals surface area (Å²) in [6, 6.07) is 6.19. The standard InChI is InChI=1S/C22H30N4O/c1-6-26(7-2)22-23-14-18-13-17(9-11-20(18)24-22)21(27)25(5)19-10-8-15(3)16(4)12-19/h8,10,12,14,17H,6-7,9,11,13H2,1-5H3/t17-/m1/s1. The lowest BCUT2D eigenvalue weighted by Gasteiger charge is -2.28. The molecule has 1 heterocycles. The lowest BCUT2D eigenvalue weighted by Crippen LogP contribution is -2.36. The summed E-state index contributed by atoms with van der Waals surface area (Å²) in [5.74, 6) is 0.972. The fraction of sp³-hybridized carbons (Fsp3) is 0.500. The van der Waals surface area contributed by atoms with Gasteiger partial charge in [-0.25, -0.2) is 9.97 Å². The first-order valence-corrected chi connectivity index (χ1v) is 9.89. The zero-order valence-corrected chi connectivity index (χ0v) is 17.1. The Labute approximate surface area is 162 Å². The molecule has 5 heteroatoms. The van der Waals surface area contributed by atoms with Crippen molar-refractivity contribution in [3.05, 3.63) is 46.8 Å². The molecule has 144 valence electrons. The number of carbonyl (C=O) groups excluding carboxylic acids is 1. The number of amides is 1. The lowest BCUT2D eigenvalue weighted by atomic mass is 9.86. The van der Waals surface area contributed by atoms with Gasteiger partial charge in [0.15, 0.2) is 0 Å². The van der Waals surface area contributed by atoms with Gasteiger partial charge in [-0.1, -0.05) is 6.07 Å². The highest BCUT2D eigenvalue weighted by atomic mass is 16.2. The van der Waals surface area contributed by atoms with Gasteiger partial charge in [-0.05, 0) is 75.8 Å². The molecule has 1 atom stereocenters. The summed E-state index contributed by atoms with van der Waals surface area (Å²) >= 11 is 0. The Balaban J connectivity index is 1.75. The van der Waals surface area contributed by atoms with Crippen molar-refractivity contribution in [1.29, 1.82) is 0 Å². The van der Waals surface area contributed by atoms with E-state index in [0.717, 1.165) is 55.2 Å². The van der Waals surface area contributed by atoms with Crippen LogP contribution in [0.15, 0.2) is 24.4 Å². The summed E-state index contributed by atoms with van der Waals surface area (Å²) in [6.45, 7) is 10.2. The molecule has 27 heavy (non-hydrogen) atoms. The average molecular weight is 367 g/mol. The Morgan fingerprint density at radius 1 is 1.19 bits per heavy atom. The van der Waals surface area contributed by atoms with Crippen molar-refractivity contribution >= 4 is 17.5 Å². The van der Waals surface area contributed by atoms with E-state index < -0.39 is 0 Å². The average Bonchev–Trinajstić information content (AvgIpc) is 2.69. The zero-order valence-electron chi connectivity index (χ0n) is 17.1. The van der Waals surface area contributed by atoms with Crippen LogP contribution in [0, 0.1) is 19.8 Å². The van der Waals surface area contributed by atoms with Gasteiger partial charge in [-0.2, -0.15) is 0 Å². The van der Waals surface area contributed by atoms with Gasteiger partial charge in [0, 0.05) is 43.6 Å². The molecule has 0 bridgehead atoms. The third kappa shape index (κ3) is 3.97. The van der Waals surface area contributed by atoms with Crippen LogP contribution in [0.3, 0.4) is 0 Å². The summed E-state index contributed by atoms with van der Waals surface area (Å²) in [5.41, 5.74) is 5.63. The van der Waals surface area contributed by atoms with E-state index in [-0.39, 0.29) is 11.8 Å². The molecule has 1 aromatic carbocycles. The van der Waals surface area contributed by atoms with Crippen LogP contribution >= 0.6 is 0 Å². The maximum atomic E-state index is 13.0. The Kier molecular flexibility index (Phi) is 5.78. The molecule has 0 saturated carbocycles. The van der Waals surface area contributed by atoms with Crippen LogP contribution in [0.25, 0.3) is 0 Å². The van der Waals surface area contributed by atoms with Crippen molar-refractivity contribution in [3.8, 4) is 0 Å². The number of hydrogen-bond donors (Lipinski definition) is 0. The monoisotopic (exact) mass is 366 g/mol. The molecular weight excluding hydrogens is 336 g/mol. The number of nitrogens with zero attached hydrogens (tertiary/aromatic N) is 4. The predicted molar refractivity (Wildman–Crippen MR) is 110 cm³/mol. The first kappa shape index (κ1) is 19.3. The molecule has 0 radical (unpaired) electrons. The highest BCUT2D eigenvalue weighted by molar-refractivity contribution is 5.95. The molecule has 1 aromatic heterocycles. The normalized spacial score (nSPS) is 16.0. The molecular formula is C22H30N4O. The van der Waals surface area contributed by atoms with Crippen LogP contribution < -0.4 is 9.80 Å². The van der Waals surface area contributed by atoms with Crippen LogP contribution in [0.5, 0.6) is 0 Å². The molecule has 5 nitrogen and oxygen atoms in total. The third-order valence-corrected chi connectivity index (χ3v) is 5.74. The minimum atomic E-state index is -0.00740. The highest BCUT2D eigenvalue weighted by Gasteiger charge is 2.29. The van der Waals surface area contributed by atoms with Gasteiger partial charge in [-0.3, -0.25) is 4.79 Å². The van der Waals surface area contributed by atoms with E-state index in [1.54, 1.807) is 4.90 Å². The molecule has 0 aliphatic heterocycles. The van der Waals surface area contributed by atoms with Gasteiger partial charge in [0.25, 0.3) is 0 Å². The van der Waals surface area contributed by atoms with Crippen LogP contribution in [0.4, 0.5) is 11.6 Å². The van der Waals surface area contributed by atoms with Crippen molar-refractivity contribution in [2.24, 2.45) is 5.92 Å². The predicted octanol–water partition coefficient (Wildman–Crippen LogP) is 3.71. The molecule has 0 spiro atoms. The van der Waals surface area contributed by atoms with Gasteiger partial charge in [-0.15, -0.1) is 0 Å². The van der Waals surface area contributed by atoms with Crippen molar-refractivity contribution in [2.45, 2.75) is 47.0 Å². The molecule has 2 aromatic rings. The summed E-state index contributed by atoms with van der Waals surface area (Å²) in [6.07, 6.45) is 4.33. The maximum Gasteiger partial charge on any atom is 0.230 e. The second-order valence-electron chi connectivity index (χ2n) is 7.42. The molecule has 0 saturated heterocycles. The molecule has 3 rings (SSSR count). The number of hydrogen-bond acceptors (Lipinski definition) is 4. The van der Waals surface area contributed by atoms with E-state index in [0.29, 0.717) is 0 Å². The number of aromatic nitrogens is 2. The van der Waals surface area contributed by atoms with E-state index in [9.17, 15) is 4.79 Å². The second-order valence-corrected chi connectivity index (χ2v) is 7.42. The molecule has 1 amide bonds. The van der Waals surface area contributed by atoms with Gasteiger partial charge >= 0.3 is 0 Å². The maximum absolute atomic E-state index is 13.0. The Morgan fingerprint density at radius 3 is 2.59 bits per heavy atom. The van der Waals surface area contributed by atoms with Crippen molar-refractivity contribution < 1.29 is 4.79 Å². The van der Waals surface area contributed by atoms with Crippen molar-refractivity contribution in [2.75, 3.05) is 29.9 Å². The fourth-order valence-corrected chi connectivity index (χ4v) is 3.70. The zero-order chi connectivity index (χ0) is 19.6. The molecule has 0 N–H and O–H groups in total. The van der Waals surface area contributed by atoms with Crippen LogP contribution in [0.2, 0.25) is 0 Å². The van der Waals surface area contributed by atoms with Crippen LogP contribution in [0.1, 0.15) is 42.7 Å². The van der Waals surface area contributed by atoms with Gasteiger partial charge in [0.1, 0.15) is 0 Å². The number of fused-ring (bicyclic) bond motifs is 1. The van der Waals surface area contributed by atoms with E-state index in [4.69, 9.17) is 4.98 Å². The topological polar surface area (TPSA) is 49.3 Å². The quantitative estimate of drug-likeness (QED) is 0.809. The molecule has 1 aliphatic rings. The summed E-state index contributed by atoms with van der Waals surface area (Å²) < 4.78 is 0. The number of benzene rings is 1. The largest absolute Gasteiger partial charge is 0.341 e. The van der Waals surface area contributed by atoms with E-state index in [2.05, 4.69) is 49.7 Å². The molecule has 1 aliphatic carbocycles. The smallest absolute Gasteiger partial charge is 0.230 e. The lowest BCUT2D eigenvalue weighted by molar-refractivity contribution is -0.122. The fourth-order valence-electron chi connectivity index (χ4n) is 3.70. The van der Waals surface area contributed by atoms with Crippen LogP contribution in [-0.4, -0.2) is 36.0 Å². The van der Waals surface area contributed by atoms with Gasteiger partial charge < -0.3 is 9.80 Å². The van der Waals surface area contributed by atoms with E-state index in [1.165, 1.54) is 11.1 Å².